The molecular formula is C8H10N2S. The van der Waals surface area contributed by atoms with E-state index in [4.69, 9.17) is 0 Å². The standard InChI is InChI=1S/C8H10N2S/c1-2-10-4-3-8-7(6-10)5-9-11-8/h3,5-6H,2,4H2,1H3. The van der Waals surface area contributed by atoms with Gasteiger partial charge in [-0.3, -0.25) is 0 Å². The Labute approximate surface area is 69.6 Å². The van der Waals surface area contributed by atoms with Crippen molar-refractivity contribution in [3.8, 4) is 0 Å². The molecular weight excluding hydrogens is 156 g/mol. The predicted molar refractivity (Wildman–Crippen MR) is 47.5 cm³/mol. The molecule has 1 aromatic heterocycles. The molecule has 1 aliphatic rings. The molecule has 0 aliphatic carbocycles. The van der Waals surface area contributed by atoms with Crippen LogP contribution in [-0.2, 0) is 0 Å². The lowest BCUT2D eigenvalue weighted by molar-refractivity contribution is 0.487. The van der Waals surface area contributed by atoms with Gasteiger partial charge in [0, 0.05) is 30.7 Å². The van der Waals surface area contributed by atoms with Crippen molar-refractivity contribution < 1.29 is 0 Å². The average molecular weight is 166 g/mol. The number of hydrogen-bond donors (Lipinski definition) is 0. The van der Waals surface area contributed by atoms with Gasteiger partial charge in [-0.2, -0.15) is 4.37 Å². The molecule has 2 nitrogen and oxygen atoms in total. The zero-order chi connectivity index (χ0) is 7.68. The van der Waals surface area contributed by atoms with Gasteiger partial charge in [0.25, 0.3) is 0 Å². The molecule has 0 spiro atoms. The van der Waals surface area contributed by atoms with Crippen molar-refractivity contribution in [3.05, 3.63) is 15.9 Å². The van der Waals surface area contributed by atoms with Crippen LogP contribution in [0, 0.1) is 0 Å². The minimum absolute atomic E-state index is 1.03. The fraction of sp³-hybridized carbons (Fsp3) is 0.375. The van der Waals surface area contributed by atoms with Gasteiger partial charge in [-0.25, -0.2) is 0 Å². The predicted octanol–water partition coefficient (Wildman–Crippen LogP) is -0.00290. The third-order valence-electron chi connectivity index (χ3n) is 1.87. The lowest BCUT2D eigenvalue weighted by Gasteiger charge is -2.16. The van der Waals surface area contributed by atoms with Crippen molar-refractivity contribution in [1.29, 1.82) is 0 Å². The van der Waals surface area contributed by atoms with Crippen LogP contribution in [0.25, 0.3) is 12.3 Å². The first kappa shape index (κ1) is 6.85. The number of rotatable bonds is 1. The summed E-state index contributed by atoms with van der Waals surface area (Å²) >= 11 is 1.57. The molecule has 0 unspecified atom stereocenters. The second kappa shape index (κ2) is 2.66. The minimum Gasteiger partial charge on any atom is -0.373 e. The number of hydrogen-bond acceptors (Lipinski definition) is 3. The van der Waals surface area contributed by atoms with Crippen LogP contribution in [0.2, 0.25) is 0 Å². The third kappa shape index (κ3) is 1.16. The van der Waals surface area contributed by atoms with Gasteiger partial charge in [0.2, 0.25) is 0 Å². The molecule has 0 saturated carbocycles. The van der Waals surface area contributed by atoms with E-state index in [2.05, 4.69) is 28.5 Å². The van der Waals surface area contributed by atoms with Crippen molar-refractivity contribution in [2.45, 2.75) is 6.92 Å². The maximum atomic E-state index is 4.13. The number of nitrogens with zero attached hydrogens (tertiary/aromatic N) is 2. The molecule has 0 N–H and O–H groups in total. The van der Waals surface area contributed by atoms with Crippen LogP contribution < -0.4 is 9.75 Å². The zero-order valence-electron chi connectivity index (χ0n) is 6.45. The number of aromatic nitrogens is 1. The molecule has 0 saturated heterocycles. The lowest BCUT2D eigenvalue weighted by atomic mass is 10.3. The fourth-order valence-corrected chi connectivity index (χ4v) is 1.82. The summed E-state index contributed by atoms with van der Waals surface area (Å²) in [6.07, 6.45) is 6.34. The summed E-state index contributed by atoms with van der Waals surface area (Å²) in [4.78, 5) is 2.27. The Balaban J connectivity index is 2.53. The summed E-state index contributed by atoms with van der Waals surface area (Å²) < 4.78 is 5.44. The van der Waals surface area contributed by atoms with E-state index < -0.39 is 0 Å². The Morgan fingerprint density at radius 1 is 1.73 bits per heavy atom. The van der Waals surface area contributed by atoms with E-state index in [0.29, 0.717) is 0 Å². The second-order valence-electron chi connectivity index (χ2n) is 2.57. The van der Waals surface area contributed by atoms with Crippen molar-refractivity contribution in [2.24, 2.45) is 0 Å². The quantitative estimate of drug-likeness (QED) is 0.583. The van der Waals surface area contributed by atoms with Crippen LogP contribution in [-0.4, -0.2) is 22.4 Å². The van der Waals surface area contributed by atoms with Gasteiger partial charge in [0.15, 0.2) is 0 Å². The first-order valence-electron chi connectivity index (χ1n) is 3.77. The van der Waals surface area contributed by atoms with Crippen LogP contribution >= 0.6 is 11.5 Å². The molecule has 0 amide bonds. The van der Waals surface area contributed by atoms with Crippen LogP contribution in [0.4, 0.5) is 0 Å². The summed E-state index contributed by atoms with van der Waals surface area (Å²) in [6, 6.07) is 0. The molecule has 1 aliphatic heterocycles. The van der Waals surface area contributed by atoms with Crippen LogP contribution in [0.15, 0.2) is 6.20 Å². The van der Waals surface area contributed by atoms with E-state index in [-0.39, 0.29) is 0 Å². The smallest absolute Gasteiger partial charge is 0.0542 e. The van der Waals surface area contributed by atoms with Gasteiger partial charge in [-0.1, -0.05) is 0 Å². The van der Waals surface area contributed by atoms with Gasteiger partial charge in [0.1, 0.15) is 0 Å². The Kier molecular flexibility index (Phi) is 1.66. The van der Waals surface area contributed by atoms with E-state index in [1.807, 2.05) is 6.20 Å². The topological polar surface area (TPSA) is 16.1 Å². The van der Waals surface area contributed by atoms with E-state index in [1.54, 1.807) is 11.5 Å². The van der Waals surface area contributed by atoms with Crippen molar-refractivity contribution in [2.75, 3.05) is 13.1 Å². The van der Waals surface area contributed by atoms with Crippen LogP contribution in [0.1, 0.15) is 6.92 Å². The minimum atomic E-state index is 1.03. The molecule has 0 fully saturated rings. The lowest BCUT2D eigenvalue weighted by Crippen LogP contribution is -2.31. The molecule has 0 atom stereocenters. The van der Waals surface area contributed by atoms with Crippen molar-refractivity contribution in [1.82, 2.24) is 9.27 Å². The fourth-order valence-electron chi connectivity index (χ4n) is 1.18. The SMILES string of the molecule is CCN1C=c2cnsc2=CC1. The highest BCUT2D eigenvalue weighted by atomic mass is 32.1. The highest BCUT2D eigenvalue weighted by molar-refractivity contribution is 7.03. The molecule has 0 radical (unpaired) electrons. The first-order valence-corrected chi connectivity index (χ1v) is 4.54. The van der Waals surface area contributed by atoms with Gasteiger partial charge in [0.05, 0.1) is 4.53 Å². The maximum absolute atomic E-state index is 4.13. The van der Waals surface area contributed by atoms with E-state index in [0.717, 1.165) is 13.1 Å². The Bertz CT molecular complexity index is 352. The number of fused-ring (bicyclic) bond motifs is 1. The molecule has 11 heavy (non-hydrogen) atoms. The summed E-state index contributed by atoms with van der Waals surface area (Å²) in [5, 5.41) is 1.27. The molecule has 1 aromatic rings. The first-order chi connectivity index (χ1) is 5.40. The molecule has 2 heterocycles. The monoisotopic (exact) mass is 166 g/mol. The van der Waals surface area contributed by atoms with Gasteiger partial charge < -0.3 is 4.90 Å². The average Bonchev–Trinajstić information content (AvgIpc) is 2.50. The Morgan fingerprint density at radius 3 is 3.45 bits per heavy atom. The summed E-state index contributed by atoms with van der Waals surface area (Å²) in [5.74, 6) is 0. The second-order valence-corrected chi connectivity index (χ2v) is 3.40. The molecule has 0 bridgehead atoms. The normalized spacial score (nSPS) is 15.2. The zero-order valence-corrected chi connectivity index (χ0v) is 7.27. The van der Waals surface area contributed by atoms with Crippen LogP contribution in [0.5, 0.6) is 0 Å². The molecule has 0 aromatic carbocycles. The molecule has 58 valence electrons. The third-order valence-corrected chi connectivity index (χ3v) is 2.68. The van der Waals surface area contributed by atoms with Crippen molar-refractivity contribution in [3.63, 3.8) is 0 Å². The molecule has 3 heteroatoms. The van der Waals surface area contributed by atoms with Gasteiger partial charge >= 0.3 is 0 Å². The molecule has 2 rings (SSSR count). The summed E-state index contributed by atoms with van der Waals surface area (Å²) in [5.41, 5.74) is 0. The van der Waals surface area contributed by atoms with Gasteiger partial charge in [-0.05, 0) is 24.5 Å². The van der Waals surface area contributed by atoms with Crippen molar-refractivity contribution >= 4 is 23.8 Å². The Hall–Kier alpha value is -0.830. The van der Waals surface area contributed by atoms with E-state index >= 15 is 0 Å². The van der Waals surface area contributed by atoms with Crippen LogP contribution in [0.3, 0.4) is 0 Å². The summed E-state index contributed by atoms with van der Waals surface area (Å²) in [6.45, 7) is 4.27. The summed E-state index contributed by atoms with van der Waals surface area (Å²) in [7, 11) is 0. The Morgan fingerprint density at radius 2 is 2.64 bits per heavy atom. The maximum Gasteiger partial charge on any atom is 0.0542 e. The highest BCUT2D eigenvalue weighted by Crippen LogP contribution is 1.92. The van der Waals surface area contributed by atoms with E-state index in [1.165, 1.54) is 9.75 Å². The van der Waals surface area contributed by atoms with Gasteiger partial charge in [-0.15, -0.1) is 0 Å². The largest absolute Gasteiger partial charge is 0.373 e. The van der Waals surface area contributed by atoms with E-state index in [9.17, 15) is 0 Å². The highest BCUT2D eigenvalue weighted by Gasteiger charge is 2.00.